The number of rotatable bonds is 10. The third-order valence-corrected chi connectivity index (χ3v) is 5.56. The SMILES string of the molecule is O=C(O)CSC/C=C\CN1C(=O)CCC[C@@H]1/C=C/C(O)Cc1ccc(Cl)cc1. The Bertz CT molecular complexity index is 705. The molecule has 1 fully saturated rings. The number of nitrogens with zero attached hydrogens (tertiary/aromatic N) is 1. The molecule has 1 heterocycles. The minimum atomic E-state index is -0.827. The highest BCUT2D eigenvalue weighted by molar-refractivity contribution is 8.00. The van der Waals surface area contributed by atoms with Gasteiger partial charge in [-0.15, -0.1) is 11.8 Å². The number of aliphatic carboxylic acids is 1. The van der Waals surface area contributed by atoms with Crippen LogP contribution in [0.2, 0.25) is 5.02 Å². The molecule has 152 valence electrons. The topological polar surface area (TPSA) is 77.8 Å². The normalized spacial score (nSPS) is 18.9. The van der Waals surface area contributed by atoms with Gasteiger partial charge in [0.05, 0.1) is 17.9 Å². The van der Waals surface area contributed by atoms with E-state index in [0.29, 0.717) is 30.2 Å². The molecular weight excluding hydrogens is 398 g/mol. The number of aliphatic hydroxyl groups is 1. The predicted octanol–water partition coefficient (Wildman–Crippen LogP) is 3.55. The average Bonchev–Trinajstić information content (AvgIpc) is 2.66. The number of thioether (sulfide) groups is 1. The Morgan fingerprint density at radius 3 is 2.79 bits per heavy atom. The van der Waals surface area contributed by atoms with Gasteiger partial charge in [0, 0.05) is 30.2 Å². The summed E-state index contributed by atoms with van der Waals surface area (Å²) >= 11 is 7.20. The van der Waals surface area contributed by atoms with E-state index in [4.69, 9.17) is 16.7 Å². The number of aliphatic hydroxyl groups excluding tert-OH is 1. The molecule has 2 N–H and O–H groups in total. The first-order valence-electron chi connectivity index (χ1n) is 9.30. The minimum absolute atomic E-state index is 0.0301. The zero-order valence-electron chi connectivity index (χ0n) is 15.7. The van der Waals surface area contributed by atoms with Crippen LogP contribution in [0, 0.1) is 0 Å². The number of piperidine rings is 1. The van der Waals surface area contributed by atoms with Crippen molar-refractivity contribution in [2.24, 2.45) is 0 Å². The van der Waals surface area contributed by atoms with Gasteiger partial charge >= 0.3 is 5.97 Å². The Morgan fingerprint density at radius 2 is 2.07 bits per heavy atom. The zero-order chi connectivity index (χ0) is 20.4. The number of hydrogen-bond donors (Lipinski definition) is 2. The zero-order valence-corrected chi connectivity index (χ0v) is 17.2. The molecule has 2 atom stereocenters. The van der Waals surface area contributed by atoms with Crippen molar-refractivity contribution in [3.63, 3.8) is 0 Å². The van der Waals surface area contributed by atoms with Gasteiger partial charge in [-0.05, 0) is 30.5 Å². The molecule has 0 aromatic heterocycles. The second kappa shape index (κ2) is 11.9. The fraction of sp³-hybridized carbons (Fsp3) is 0.429. The summed E-state index contributed by atoms with van der Waals surface area (Å²) in [4.78, 5) is 24.6. The second-order valence-electron chi connectivity index (χ2n) is 6.67. The van der Waals surface area contributed by atoms with Gasteiger partial charge in [-0.2, -0.15) is 0 Å². The van der Waals surface area contributed by atoms with E-state index in [1.165, 1.54) is 11.8 Å². The third kappa shape index (κ3) is 8.09. The number of carbonyl (C=O) groups is 2. The lowest BCUT2D eigenvalue weighted by Crippen LogP contribution is -2.42. The lowest BCUT2D eigenvalue weighted by molar-refractivity contribution is -0.135. The number of amides is 1. The molecule has 0 bridgehead atoms. The Balaban J connectivity index is 1.86. The van der Waals surface area contributed by atoms with Crippen LogP contribution >= 0.6 is 23.4 Å². The smallest absolute Gasteiger partial charge is 0.313 e. The molecule has 1 unspecified atom stereocenters. The van der Waals surface area contributed by atoms with E-state index in [-0.39, 0.29) is 17.7 Å². The maximum absolute atomic E-state index is 12.3. The van der Waals surface area contributed by atoms with Gasteiger partial charge in [-0.1, -0.05) is 48.0 Å². The molecule has 1 aromatic rings. The van der Waals surface area contributed by atoms with Gasteiger partial charge in [-0.25, -0.2) is 0 Å². The lowest BCUT2D eigenvalue weighted by atomic mass is 9.99. The van der Waals surface area contributed by atoms with Gasteiger partial charge in [0.1, 0.15) is 0 Å². The molecule has 1 aromatic carbocycles. The molecule has 1 aliphatic heterocycles. The van der Waals surface area contributed by atoms with Crippen LogP contribution < -0.4 is 0 Å². The largest absolute Gasteiger partial charge is 0.481 e. The van der Waals surface area contributed by atoms with Crippen LogP contribution in [0.3, 0.4) is 0 Å². The van der Waals surface area contributed by atoms with E-state index in [1.807, 2.05) is 35.3 Å². The number of carbonyl (C=O) groups excluding carboxylic acids is 1. The monoisotopic (exact) mass is 423 g/mol. The Morgan fingerprint density at radius 1 is 1.32 bits per heavy atom. The molecule has 0 aliphatic carbocycles. The van der Waals surface area contributed by atoms with Crippen molar-refractivity contribution in [2.75, 3.05) is 18.1 Å². The van der Waals surface area contributed by atoms with Crippen molar-refractivity contribution < 1.29 is 19.8 Å². The van der Waals surface area contributed by atoms with Gasteiger partial charge in [0.2, 0.25) is 5.91 Å². The molecule has 1 saturated heterocycles. The van der Waals surface area contributed by atoms with E-state index in [1.54, 1.807) is 18.2 Å². The van der Waals surface area contributed by atoms with Crippen molar-refractivity contribution in [3.8, 4) is 0 Å². The predicted molar refractivity (Wildman–Crippen MR) is 114 cm³/mol. The molecule has 1 aliphatic rings. The molecule has 1 amide bonds. The number of halogens is 1. The lowest BCUT2D eigenvalue weighted by Gasteiger charge is -2.33. The fourth-order valence-corrected chi connectivity index (χ4v) is 3.73. The van der Waals surface area contributed by atoms with Gasteiger partial charge in [0.15, 0.2) is 0 Å². The van der Waals surface area contributed by atoms with Crippen molar-refractivity contribution in [1.82, 2.24) is 4.90 Å². The van der Waals surface area contributed by atoms with E-state index in [0.717, 1.165) is 18.4 Å². The van der Waals surface area contributed by atoms with Gasteiger partial charge < -0.3 is 15.1 Å². The van der Waals surface area contributed by atoms with Crippen molar-refractivity contribution in [3.05, 3.63) is 59.2 Å². The summed E-state index contributed by atoms with van der Waals surface area (Å²) in [6.07, 6.45) is 9.61. The summed E-state index contributed by atoms with van der Waals surface area (Å²) in [7, 11) is 0. The number of carboxylic acids is 1. The molecule has 2 rings (SSSR count). The molecule has 0 saturated carbocycles. The summed E-state index contributed by atoms with van der Waals surface area (Å²) in [6, 6.07) is 7.36. The maximum Gasteiger partial charge on any atom is 0.313 e. The first-order valence-corrected chi connectivity index (χ1v) is 10.8. The number of likely N-dealkylation sites (tertiary alicyclic amines) is 1. The Kier molecular flexibility index (Phi) is 9.61. The summed E-state index contributed by atoms with van der Waals surface area (Å²) in [5.74, 6) is -0.0405. The number of carboxylic acid groups (broad SMARTS) is 1. The molecule has 5 nitrogen and oxygen atoms in total. The van der Waals surface area contributed by atoms with Gasteiger partial charge in [-0.3, -0.25) is 9.59 Å². The highest BCUT2D eigenvalue weighted by atomic mass is 35.5. The summed E-state index contributed by atoms with van der Waals surface area (Å²) in [5.41, 5.74) is 1.000. The van der Waals surface area contributed by atoms with Crippen LogP contribution in [0.5, 0.6) is 0 Å². The first-order chi connectivity index (χ1) is 13.5. The van der Waals surface area contributed by atoms with Crippen molar-refractivity contribution >= 4 is 35.2 Å². The van der Waals surface area contributed by atoms with Crippen LogP contribution in [-0.4, -0.2) is 57.2 Å². The Labute approximate surface area is 175 Å². The van der Waals surface area contributed by atoms with E-state index >= 15 is 0 Å². The molecule has 28 heavy (non-hydrogen) atoms. The first kappa shape index (κ1) is 22.5. The van der Waals surface area contributed by atoms with E-state index in [2.05, 4.69) is 0 Å². The van der Waals surface area contributed by atoms with Gasteiger partial charge in [0.25, 0.3) is 0 Å². The average molecular weight is 424 g/mol. The summed E-state index contributed by atoms with van der Waals surface area (Å²) in [5, 5.41) is 19.6. The maximum atomic E-state index is 12.3. The van der Waals surface area contributed by atoms with Crippen LogP contribution in [-0.2, 0) is 16.0 Å². The fourth-order valence-electron chi connectivity index (χ4n) is 3.04. The molecule has 0 spiro atoms. The quantitative estimate of drug-likeness (QED) is 0.444. The molecule has 7 heteroatoms. The minimum Gasteiger partial charge on any atom is -0.481 e. The summed E-state index contributed by atoms with van der Waals surface area (Å²) < 4.78 is 0. The molecular formula is C21H26ClNO4S. The van der Waals surface area contributed by atoms with Crippen LogP contribution in [0.25, 0.3) is 0 Å². The van der Waals surface area contributed by atoms with Crippen LogP contribution in [0.15, 0.2) is 48.6 Å². The number of benzene rings is 1. The molecule has 0 radical (unpaired) electrons. The second-order valence-corrected chi connectivity index (χ2v) is 8.14. The van der Waals surface area contributed by atoms with Crippen molar-refractivity contribution in [1.29, 1.82) is 0 Å². The summed E-state index contributed by atoms with van der Waals surface area (Å²) in [6.45, 7) is 0.495. The third-order valence-electron chi connectivity index (χ3n) is 4.43. The number of hydrogen-bond acceptors (Lipinski definition) is 4. The van der Waals surface area contributed by atoms with Crippen LogP contribution in [0.1, 0.15) is 24.8 Å². The highest BCUT2D eigenvalue weighted by Crippen LogP contribution is 2.20. The van der Waals surface area contributed by atoms with E-state index in [9.17, 15) is 14.7 Å². The standard InChI is InChI=1S/C21H26ClNO4S/c22-17-8-6-16(7-9-17)14-19(24)11-10-18-4-3-5-20(25)23(18)12-1-2-13-28-15-21(26)27/h1-2,6-11,18-19,24H,3-5,12-15H2,(H,26,27)/b2-1-,11-10+/t18-,19?/m1/s1. The van der Waals surface area contributed by atoms with Crippen LogP contribution in [0.4, 0.5) is 0 Å². The van der Waals surface area contributed by atoms with E-state index < -0.39 is 12.1 Å². The van der Waals surface area contributed by atoms with Crippen molar-refractivity contribution in [2.45, 2.75) is 37.8 Å². The Hall–Kier alpha value is -1.76. The highest BCUT2D eigenvalue weighted by Gasteiger charge is 2.25.